The van der Waals surface area contributed by atoms with Crippen molar-refractivity contribution in [2.24, 2.45) is 0 Å². The van der Waals surface area contributed by atoms with Gasteiger partial charge in [0.15, 0.2) is 5.78 Å². The number of carbonyl (C=O) groups is 1. The Morgan fingerprint density at radius 1 is 1.00 bits per heavy atom. The van der Waals surface area contributed by atoms with Crippen molar-refractivity contribution in [3.05, 3.63) is 33.9 Å². The summed E-state index contributed by atoms with van der Waals surface area (Å²) in [4.78, 5) is 14.9. The van der Waals surface area contributed by atoms with Crippen LogP contribution in [0, 0.1) is 27.7 Å². The number of benzene rings is 1. The molecule has 0 atom stereocenters. The van der Waals surface area contributed by atoms with Crippen LogP contribution in [0.2, 0.25) is 0 Å². The van der Waals surface area contributed by atoms with Crippen LogP contribution in [0.25, 0.3) is 0 Å². The van der Waals surface area contributed by atoms with E-state index in [-0.39, 0.29) is 0 Å². The molecule has 2 nitrogen and oxygen atoms in total. The van der Waals surface area contributed by atoms with E-state index in [9.17, 15) is 4.79 Å². The van der Waals surface area contributed by atoms with Gasteiger partial charge in [0.05, 0.1) is 6.54 Å². The number of piperidine rings is 1. The highest BCUT2D eigenvalue weighted by Gasteiger charge is 2.19. The molecule has 0 aliphatic carbocycles. The van der Waals surface area contributed by atoms with Crippen molar-refractivity contribution in [1.29, 1.82) is 0 Å². The molecule has 0 spiro atoms. The van der Waals surface area contributed by atoms with E-state index in [1.807, 2.05) is 0 Å². The fourth-order valence-corrected chi connectivity index (χ4v) is 3.03. The van der Waals surface area contributed by atoms with Crippen molar-refractivity contribution < 1.29 is 4.79 Å². The number of rotatable bonds is 3. The summed E-state index contributed by atoms with van der Waals surface area (Å²) in [6.45, 7) is 11.1. The molecule has 0 aromatic heterocycles. The van der Waals surface area contributed by atoms with E-state index in [1.54, 1.807) is 0 Å². The van der Waals surface area contributed by atoms with Gasteiger partial charge in [-0.15, -0.1) is 0 Å². The molecule has 1 aromatic rings. The predicted octanol–water partition coefficient (Wildman–Crippen LogP) is 3.59. The maximum atomic E-state index is 12.6. The van der Waals surface area contributed by atoms with Crippen LogP contribution in [0.3, 0.4) is 0 Å². The van der Waals surface area contributed by atoms with Crippen molar-refractivity contribution in [2.45, 2.75) is 47.0 Å². The molecular formula is C17H25NO. The number of Topliss-reactive ketones (excluding diaryl/α,β-unsaturated/α-hetero) is 1. The summed E-state index contributed by atoms with van der Waals surface area (Å²) in [5, 5.41) is 0. The lowest BCUT2D eigenvalue weighted by Crippen LogP contribution is -2.35. The number of hydrogen-bond acceptors (Lipinski definition) is 2. The van der Waals surface area contributed by atoms with Crippen LogP contribution >= 0.6 is 0 Å². The molecule has 1 heterocycles. The van der Waals surface area contributed by atoms with E-state index >= 15 is 0 Å². The van der Waals surface area contributed by atoms with Crippen molar-refractivity contribution in [1.82, 2.24) is 4.90 Å². The molecule has 0 amide bonds. The molecule has 0 bridgehead atoms. The van der Waals surface area contributed by atoms with Gasteiger partial charge in [-0.2, -0.15) is 0 Å². The molecule has 1 fully saturated rings. The van der Waals surface area contributed by atoms with Gasteiger partial charge in [0.1, 0.15) is 0 Å². The minimum atomic E-state index is 0.295. The predicted molar refractivity (Wildman–Crippen MR) is 80.0 cm³/mol. The SMILES string of the molecule is Cc1cc(C)c(C)c(C(=O)CN2CCCCC2)c1C. The third-order valence-electron chi connectivity index (χ3n) is 4.46. The Kier molecular flexibility index (Phi) is 4.41. The quantitative estimate of drug-likeness (QED) is 0.773. The second-order valence-corrected chi connectivity index (χ2v) is 5.90. The van der Waals surface area contributed by atoms with Crippen LogP contribution in [0.5, 0.6) is 0 Å². The monoisotopic (exact) mass is 259 g/mol. The highest BCUT2D eigenvalue weighted by molar-refractivity contribution is 6.00. The van der Waals surface area contributed by atoms with E-state index in [0.29, 0.717) is 12.3 Å². The van der Waals surface area contributed by atoms with Gasteiger partial charge >= 0.3 is 0 Å². The summed E-state index contributed by atoms with van der Waals surface area (Å²) in [7, 11) is 0. The number of likely N-dealkylation sites (tertiary alicyclic amines) is 1. The van der Waals surface area contributed by atoms with E-state index in [4.69, 9.17) is 0 Å². The molecule has 1 saturated heterocycles. The molecule has 104 valence electrons. The standard InChI is InChI=1S/C17H25NO/c1-12-10-13(2)15(4)17(14(12)3)16(19)11-18-8-6-5-7-9-18/h10H,5-9,11H2,1-4H3. The second-order valence-electron chi connectivity index (χ2n) is 5.90. The van der Waals surface area contributed by atoms with Gasteiger partial charge in [-0.3, -0.25) is 9.69 Å². The van der Waals surface area contributed by atoms with Crippen molar-refractivity contribution in [3.63, 3.8) is 0 Å². The largest absolute Gasteiger partial charge is 0.296 e. The summed E-state index contributed by atoms with van der Waals surface area (Å²) in [6, 6.07) is 2.18. The Bertz CT molecular complexity index is 458. The first kappa shape index (κ1) is 14.3. The zero-order chi connectivity index (χ0) is 14.0. The maximum Gasteiger partial charge on any atom is 0.177 e. The molecule has 19 heavy (non-hydrogen) atoms. The average Bonchev–Trinajstić information content (AvgIpc) is 2.38. The first-order chi connectivity index (χ1) is 9.00. The molecule has 2 heteroatoms. The summed E-state index contributed by atoms with van der Waals surface area (Å²) in [6.07, 6.45) is 3.78. The van der Waals surface area contributed by atoms with Gasteiger partial charge in [0, 0.05) is 5.56 Å². The minimum absolute atomic E-state index is 0.295. The number of aryl methyl sites for hydroxylation is 2. The summed E-state index contributed by atoms with van der Waals surface area (Å²) >= 11 is 0. The fraction of sp³-hybridized carbons (Fsp3) is 0.588. The smallest absolute Gasteiger partial charge is 0.177 e. The fourth-order valence-electron chi connectivity index (χ4n) is 3.03. The zero-order valence-corrected chi connectivity index (χ0v) is 12.7. The third kappa shape index (κ3) is 3.06. The topological polar surface area (TPSA) is 20.3 Å². The molecule has 0 saturated carbocycles. The lowest BCUT2D eigenvalue weighted by molar-refractivity contribution is 0.0914. The van der Waals surface area contributed by atoms with Gasteiger partial charge in [-0.05, 0) is 75.9 Å². The number of nitrogens with zero attached hydrogens (tertiary/aromatic N) is 1. The lowest BCUT2D eigenvalue weighted by atomic mass is 9.91. The van der Waals surface area contributed by atoms with Crippen LogP contribution in [0.15, 0.2) is 6.07 Å². The number of hydrogen-bond donors (Lipinski definition) is 0. The Labute approximate surface area is 116 Å². The Morgan fingerprint density at radius 3 is 2.05 bits per heavy atom. The first-order valence-electron chi connectivity index (χ1n) is 7.33. The van der Waals surface area contributed by atoms with Crippen molar-refractivity contribution >= 4 is 5.78 Å². The molecule has 0 unspecified atom stereocenters. The minimum Gasteiger partial charge on any atom is -0.296 e. The molecule has 1 aliphatic heterocycles. The van der Waals surface area contributed by atoms with E-state index < -0.39 is 0 Å². The molecule has 1 aromatic carbocycles. The molecule has 0 N–H and O–H groups in total. The van der Waals surface area contributed by atoms with Crippen LogP contribution < -0.4 is 0 Å². The average molecular weight is 259 g/mol. The number of carbonyl (C=O) groups excluding carboxylic acids is 1. The maximum absolute atomic E-state index is 12.6. The van der Waals surface area contributed by atoms with Gasteiger partial charge in [-0.1, -0.05) is 12.5 Å². The summed E-state index contributed by atoms with van der Waals surface area (Å²) in [5.74, 6) is 0.295. The van der Waals surface area contributed by atoms with E-state index in [0.717, 1.165) is 29.8 Å². The van der Waals surface area contributed by atoms with Gasteiger partial charge in [-0.25, -0.2) is 0 Å². The third-order valence-corrected chi connectivity index (χ3v) is 4.46. The van der Waals surface area contributed by atoms with Crippen molar-refractivity contribution in [2.75, 3.05) is 19.6 Å². The summed E-state index contributed by atoms with van der Waals surface area (Å²) in [5.41, 5.74) is 5.73. The van der Waals surface area contributed by atoms with Gasteiger partial charge < -0.3 is 0 Å². The number of ketones is 1. The summed E-state index contributed by atoms with van der Waals surface area (Å²) < 4.78 is 0. The molecule has 2 rings (SSSR count). The Hall–Kier alpha value is -1.15. The van der Waals surface area contributed by atoms with Gasteiger partial charge in [0.25, 0.3) is 0 Å². The van der Waals surface area contributed by atoms with Crippen LogP contribution in [-0.4, -0.2) is 30.3 Å². The highest BCUT2D eigenvalue weighted by Crippen LogP contribution is 2.22. The molecule has 0 radical (unpaired) electrons. The van der Waals surface area contributed by atoms with Gasteiger partial charge in [0.2, 0.25) is 0 Å². The second kappa shape index (κ2) is 5.87. The highest BCUT2D eigenvalue weighted by atomic mass is 16.1. The molecular weight excluding hydrogens is 234 g/mol. The zero-order valence-electron chi connectivity index (χ0n) is 12.7. The lowest BCUT2D eigenvalue weighted by Gasteiger charge is -2.26. The Morgan fingerprint density at radius 2 is 1.53 bits per heavy atom. The van der Waals surface area contributed by atoms with E-state index in [2.05, 4.69) is 38.7 Å². The first-order valence-corrected chi connectivity index (χ1v) is 7.33. The van der Waals surface area contributed by atoms with Crippen LogP contribution in [0.4, 0.5) is 0 Å². The normalized spacial score (nSPS) is 16.6. The van der Waals surface area contributed by atoms with Crippen LogP contribution in [-0.2, 0) is 0 Å². The van der Waals surface area contributed by atoms with Crippen LogP contribution in [0.1, 0.15) is 51.9 Å². The Balaban J connectivity index is 2.23. The molecule has 1 aliphatic rings. The van der Waals surface area contributed by atoms with Crippen molar-refractivity contribution in [3.8, 4) is 0 Å². The van der Waals surface area contributed by atoms with E-state index in [1.165, 1.54) is 30.4 Å².